The van der Waals surface area contributed by atoms with Gasteiger partial charge >= 0.3 is 0 Å². The van der Waals surface area contributed by atoms with Crippen LogP contribution < -0.4 is 10.6 Å². The monoisotopic (exact) mass is 312 g/mol. The van der Waals surface area contributed by atoms with Crippen LogP contribution in [0.25, 0.3) is 0 Å². The number of piperazine rings is 1. The van der Waals surface area contributed by atoms with E-state index in [0.717, 1.165) is 38.7 Å². The molecule has 2 aromatic rings. The van der Waals surface area contributed by atoms with E-state index in [2.05, 4.69) is 24.8 Å². The fourth-order valence-corrected chi connectivity index (χ4v) is 2.90. The minimum Gasteiger partial charge on any atom is -0.375 e. The molecule has 6 nitrogen and oxygen atoms in total. The lowest BCUT2D eigenvalue weighted by atomic mass is 10.3. The van der Waals surface area contributed by atoms with E-state index in [0.29, 0.717) is 5.13 Å². The smallest absolute Gasteiger partial charge is 0.225 e. The molecule has 0 aliphatic carbocycles. The van der Waals surface area contributed by atoms with Crippen LogP contribution in [-0.2, 0) is 6.54 Å². The molecule has 0 aromatic carbocycles. The van der Waals surface area contributed by atoms with Crippen molar-refractivity contribution in [2.45, 2.75) is 6.54 Å². The summed E-state index contributed by atoms with van der Waals surface area (Å²) in [5.41, 5.74) is 5.65. The van der Waals surface area contributed by atoms with Gasteiger partial charge in [0.1, 0.15) is 0 Å². The number of hydrogen-bond acceptors (Lipinski definition) is 7. The first-order valence-corrected chi connectivity index (χ1v) is 7.07. The van der Waals surface area contributed by atoms with Crippen LogP contribution in [0, 0.1) is 0 Å². The highest BCUT2D eigenvalue weighted by atomic mass is 35.5. The van der Waals surface area contributed by atoms with Crippen LogP contribution in [0.2, 0.25) is 0 Å². The van der Waals surface area contributed by atoms with Crippen LogP contribution in [0.15, 0.2) is 24.7 Å². The maximum Gasteiger partial charge on any atom is 0.225 e. The maximum absolute atomic E-state index is 5.65. The Balaban J connectivity index is 0.00000147. The third kappa shape index (κ3) is 3.56. The summed E-state index contributed by atoms with van der Waals surface area (Å²) in [6.07, 6.45) is 5.44. The number of hydrogen-bond donors (Lipinski definition) is 1. The molecule has 1 aliphatic heterocycles. The number of aromatic nitrogens is 3. The van der Waals surface area contributed by atoms with E-state index in [4.69, 9.17) is 5.73 Å². The van der Waals surface area contributed by atoms with Gasteiger partial charge in [-0.1, -0.05) is 0 Å². The van der Waals surface area contributed by atoms with Gasteiger partial charge in [-0.25, -0.2) is 15.0 Å². The summed E-state index contributed by atoms with van der Waals surface area (Å²) in [4.78, 5) is 18.5. The van der Waals surface area contributed by atoms with E-state index >= 15 is 0 Å². The molecule has 0 saturated carbocycles. The zero-order valence-corrected chi connectivity index (χ0v) is 12.6. The molecule has 0 atom stereocenters. The molecule has 3 rings (SSSR count). The Bertz CT molecular complexity index is 526. The van der Waals surface area contributed by atoms with Crippen molar-refractivity contribution in [1.82, 2.24) is 19.9 Å². The topological polar surface area (TPSA) is 71.2 Å². The predicted molar refractivity (Wildman–Crippen MR) is 83.3 cm³/mol. The van der Waals surface area contributed by atoms with Crippen molar-refractivity contribution < 1.29 is 0 Å². The van der Waals surface area contributed by atoms with Crippen molar-refractivity contribution in [2.75, 3.05) is 36.8 Å². The lowest BCUT2D eigenvalue weighted by molar-refractivity contribution is 0.250. The Morgan fingerprint density at radius 2 is 1.80 bits per heavy atom. The number of rotatable bonds is 3. The highest BCUT2D eigenvalue weighted by Crippen LogP contribution is 2.18. The van der Waals surface area contributed by atoms with Gasteiger partial charge in [-0.15, -0.1) is 23.7 Å². The predicted octanol–water partition coefficient (Wildman–Crippen LogP) is 1.26. The SMILES string of the molecule is Cl.Nc1ncc(CN2CCN(c3ncccn3)CC2)s1. The van der Waals surface area contributed by atoms with Gasteiger partial charge in [0.25, 0.3) is 0 Å². The van der Waals surface area contributed by atoms with E-state index in [1.165, 1.54) is 4.88 Å². The lowest BCUT2D eigenvalue weighted by Crippen LogP contribution is -2.46. The van der Waals surface area contributed by atoms with Crippen molar-refractivity contribution in [3.05, 3.63) is 29.5 Å². The molecule has 0 unspecified atom stereocenters. The second-order valence-electron chi connectivity index (χ2n) is 4.48. The van der Waals surface area contributed by atoms with Crippen molar-refractivity contribution in [2.24, 2.45) is 0 Å². The highest BCUT2D eigenvalue weighted by molar-refractivity contribution is 7.15. The van der Waals surface area contributed by atoms with Crippen LogP contribution in [0.5, 0.6) is 0 Å². The van der Waals surface area contributed by atoms with Gasteiger partial charge in [0.2, 0.25) is 5.95 Å². The van der Waals surface area contributed by atoms with Gasteiger partial charge in [-0.2, -0.15) is 0 Å². The van der Waals surface area contributed by atoms with Crippen molar-refractivity contribution in [3.63, 3.8) is 0 Å². The fourth-order valence-electron chi connectivity index (χ4n) is 2.18. The van der Waals surface area contributed by atoms with Crippen LogP contribution in [-0.4, -0.2) is 46.0 Å². The molecule has 108 valence electrons. The molecule has 0 bridgehead atoms. The van der Waals surface area contributed by atoms with E-state index in [9.17, 15) is 0 Å². The molecular formula is C12H17ClN6S. The van der Waals surface area contributed by atoms with Gasteiger partial charge < -0.3 is 10.6 Å². The first-order valence-electron chi connectivity index (χ1n) is 6.26. The van der Waals surface area contributed by atoms with Crippen molar-refractivity contribution >= 4 is 34.8 Å². The van der Waals surface area contributed by atoms with Crippen molar-refractivity contribution in [3.8, 4) is 0 Å². The standard InChI is InChI=1S/C12H16N6S.ClH/c13-11-16-8-10(19-11)9-17-4-6-18(7-5-17)12-14-2-1-3-15-12;/h1-3,8H,4-7,9H2,(H2,13,16);1H. The largest absolute Gasteiger partial charge is 0.375 e. The van der Waals surface area contributed by atoms with Gasteiger partial charge in [-0.05, 0) is 6.07 Å². The van der Waals surface area contributed by atoms with Crippen LogP contribution in [0.3, 0.4) is 0 Å². The van der Waals surface area contributed by atoms with E-state index in [1.54, 1.807) is 23.7 Å². The molecular weight excluding hydrogens is 296 g/mol. The maximum atomic E-state index is 5.65. The Hall–Kier alpha value is -1.44. The fraction of sp³-hybridized carbons (Fsp3) is 0.417. The number of nitrogens with zero attached hydrogens (tertiary/aromatic N) is 5. The first-order chi connectivity index (χ1) is 9.31. The van der Waals surface area contributed by atoms with Crippen LogP contribution in [0.1, 0.15) is 4.88 Å². The molecule has 1 aliphatic rings. The molecule has 0 amide bonds. The van der Waals surface area contributed by atoms with Crippen molar-refractivity contribution in [1.29, 1.82) is 0 Å². The van der Waals surface area contributed by atoms with Gasteiger partial charge in [-0.3, -0.25) is 4.90 Å². The Morgan fingerprint density at radius 3 is 2.40 bits per heavy atom. The van der Waals surface area contributed by atoms with E-state index in [1.807, 2.05) is 12.3 Å². The second-order valence-corrected chi connectivity index (χ2v) is 5.62. The van der Waals surface area contributed by atoms with Crippen LogP contribution in [0.4, 0.5) is 11.1 Å². The van der Waals surface area contributed by atoms with Gasteiger partial charge in [0.05, 0.1) is 0 Å². The van der Waals surface area contributed by atoms with E-state index < -0.39 is 0 Å². The van der Waals surface area contributed by atoms with Gasteiger partial charge in [0.15, 0.2) is 5.13 Å². The molecule has 1 saturated heterocycles. The molecule has 0 radical (unpaired) electrons. The Morgan fingerprint density at radius 1 is 1.10 bits per heavy atom. The quantitative estimate of drug-likeness (QED) is 0.920. The molecule has 1 fully saturated rings. The average Bonchev–Trinajstić information content (AvgIpc) is 2.86. The molecule has 3 heterocycles. The highest BCUT2D eigenvalue weighted by Gasteiger charge is 2.19. The molecule has 8 heteroatoms. The summed E-state index contributed by atoms with van der Waals surface area (Å²) in [5, 5.41) is 0.645. The molecule has 2 aromatic heterocycles. The summed E-state index contributed by atoms with van der Waals surface area (Å²) in [7, 11) is 0. The number of anilines is 2. The second kappa shape index (κ2) is 6.83. The normalized spacial score (nSPS) is 15.9. The third-order valence-corrected chi connectivity index (χ3v) is 3.97. The lowest BCUT2D eigenvalue weighted by Gasteiger charge is -2.34. The molecule has 2 N–H and O–H groups in total. The Kier molecular flexibility index (Phi) is 5.11. The van der Waals surface area contributed by atoms with Crippen LogP contribution >= 0.6 is 23.7 Å². The summed E-state index contributed by atoms with van der Waals surface area (Å²) >= 11 is 1.57. The summed E-state index contributed by atoms with van der Waals surface area (Å²) < 4.78 is 0. The minimum absolute atomic E-state index is 0. The zero-order valence-electron chi connectivity index (χ0n) is 11.0. The first kappa shape index (κ1) is 15.0. The van der Waals surface area contributed by atoms with E-state index in [-0.39, 0.29) is 12.4 Å². The third-order valence-electron chi connectivity index (χ3n) is 3.16. The number of halogens is 1. The number of nitrogen functional groups attached to an aromatic ring is 1. The average molecular weight is 313 g/mol. The van der Waals surface area contributed by atoms with Gasteiger partial charge in [0, 0.05) is 56.2 Å². The zero-order chi connectivity index (χ0) is 13.1. The number of nitrogens with two attached hydrogens (primary N) is 1. The minimum atomic E-state index is 0. The number of thiazole rings is 1. The summed E-state index contributed by atoms with van der Waals surface area (Å²) in [6, 6.07) is 1.84. The molecule has 20 heavy (non-hydrogen) atoms. The summed E-state index contributed by atoms with van der Waals surface area (Å²) in [6.45, 7) is 4.86. The Labute approximate surface area is 128 Å². The molecule has 0 spiro atoms. The summed E-state index contributed by atoms with van der Waals surface area (Å²) in [5.74, 6) is 0.823.